The van der Waals surface area contributed by atoms with E-state index in [1.807, 2.05) is 0 Å². The Balaban J connectivity index is 3.68. The molecule has 0 aromatic rings. The molecule has 0 heterocycles. The van der Waals surface area contributed by atoms with Gasteiger partial charge in [-0.25, -0.2) is 0 Å². The molecule has 0 fully saturated rings. The smallest absolute Gasteiger partial charge is 0.226 e. The van der Waals surface area contributed by atoms with Gasteiger partial charge in [-0.3, -0.25) is 20.3 Å². The van der Waals surface area contributed by atoms with Gasteiger partial charge in [0.05, 0.1) is 6.54 Å². The maximum Gasteiger partial charge on any atom is 0.226 e. The standard InChI is InChI=1S/C25H41N3O2/c1-4-5-6-7-8-9-10-11-12-13-14-15-16-17-18-19-20-21-24(30)27-25(26)28(3)22-23(2)29/h8-9,11-12,14-15,17-18H,4-7,10,13,16,19-22H2,1-3H3,(H2,26,27,30)/b9-8-,12-11-,15-14-,18-17-. The summed E-state index contributed by atoms with van der Waals surface area (Å²) < 4.78 is 0. The maximum atomic E-state index is 11.8. The minimum absolute atomic E-state index is 0.0343. The number of guanidine groups is 1. The highest BCUT2D eigenvalue weighted by atomic mass is 16.2. The Kier molecular flexibility index (Phi) is 18.3. The number of nitrogens with zero attached hydrogens (tertiary/aromatic N) is 1. The summed E-state index contributed by atoms with van der Waals surface area (Å²) in [7, 11) is 1.61. The van der Waals surface area contributed by atoms with Crippen molar-refractivity contribution in [1.29, 1.82) is 5.41 Å². The number of carbonyl (C=O) groups is 2. The average molecular weight is 416 g/mol. The molecule has 0 rings (SSSR count). The fourth-order valence-electron chi connectivity index (χ4n) is 2.64. The average Bonchev–Trinajstić information content (AvgIpc) is 2.69. The second kappa shape index (κ2) is 19.9. The van der Waals surface area contributed by atoms with Gasteiger partial charge in [0.1, 0.15) is 5.78 Å². The van der Waals surface area contributed by atoms with Crippen LogP contribution in [0.1, 0.15) is 78.1 Å². The van der Waals surface area contributed by atoms with Crippen LogP contribution in [0.2, 0.25) is 0 Å². The van der Waals surface area contributed by atoms with Crippen molar-refractivity contribution in [3.63, 3.8) is 0 Å². The van der Waals surface area contributed by atoms with E-state index in [0.717, 1.165) is 32.1 Å². The van der Waals surface area contributed by atoms with E-state index in [-0.39, 0.29) is 24.2 Å². The molecule has 30 heavy (non-hydrogen) atoms. The fraction of sp³-hybridized carbons (Fsp3) is 0.560. The molecule has 0 aliphatic carbocycles. The van der Waals surface area contributed by atoms with E-state index < -0.39 is 0 Å². The quantitative estimate of drug-likeness (QED) is 0.147. The van der Waals surface area contributed by atoms with Crippen molar-refractivity contribution in [2.24, 2.45) is 0 Å². The molecular formula is C25H41N3O2. The van der Waals surface area contributed by atoms with E-state index in [1.54, 1.807) is 7.05 Å². The minimum atomic E-state index is -0.189. The molecule has 0 aliphatic rings. The highest BCUT2D eigenvalue weighted by molar-refractivity contribution is 5.96. The molecule has 168 valence electrons. The lowest BCUT2D eigenvalue weighted by atomic mass is 10.2. The van der Waals surface area contributed by atoms with Gasteiger partial charge in [0.25, 0.3) is 0 Å². The van der Waals surface area contributed by atoms with E-state index >= 15 is 0 Å². The first-order valence-electron chi connectivity index (χ1n) is 11.2. The number of amides is 1. The summed E-state index contributed by atoms with van der Waals surface area (Å²) in [6.45, 7) is 3.81. The number of hydrogen-bond acceptors (Lipinski definition) is 3. The number of nitrogens with one attached hydrogen (secondary N) is 2. The Morgan fingerprint density at radius 3 is 1.83 bits per heavy atom. The van der Waals surface area contributed by atoms with Crippen molar-refractivity contribution < 1.29 is 9.59 Å². The third-order valence-corrected chi connectivity index (χ3v) is 4.33. The van der Waals surface area contributed by atoms with E-state index in [0.29, 0.717) is 6.42 Å². The third kappa shape index (κ3) is 18.9. The normalized spacial score (nSPS) is 11.8. The van der Waals surface area contributed by atoms with Crippen LogP contribution in [0.4, 0.5) is 0 Å². The molecule has 0 radical (unpaired) electrons. The Hall–Kier alpha value is -2.43. The summed E-state index contributed by atoms with van der Waals surface area (Å²) in [4.78, 5) is 24.2. The van der Waals surface area contributed by atoms with Crippen molar-refractivity contribution in [2.75, 3.05) is 13.6 Å². The molecular weight excluding hydrogens is 374 g/mol. The van der Waals surface area contributed by atoms with Crippen LogP contribution in [-0.4, -0.2) is 36.1 Å². The van der Waals surface area contributed by atoms with Gasteiger partial charge in [-0.2, -0.15) is 0 Å². The molecule has 0 unspecified atom stereocenters. The van der Waals surface area contributed by atoms with Gasteiger partial charge >= 0.3 is 0 Å². The van der Waals surface area contributed by atoms with Crippen LogP contribution < -0.4 is 5.32 Å². The molecule has 0 aromatic carbocycles. The van der Waals surface area contributed by atoms with Gasteiger partial charge < -0.3 is 4.90 Å². The van der Waals surface area contributed by atoms with Crippen LogP contribution in [-0.2, 0) is 9.59 Å². The van der Waals surface area contributed by atoms with Crippen molar-refractivity contribution in [1.82, 2.24) is 10.2 Å². The Morgan fingerprint density at radius 1 is 0.833 bits per heavy atom. The van der Waals surface area contributed by atoms with E-state index in [9.17, 15) is 9.59 Å². The first-order chi connectivity index (χ1) is 14.5. The van der Waals surface area contributed by atoms with E-state index in [2.05, 4.69) is 60.8 Å². The summed E-state index contributed by atoms with van der Waals surface area (Å²) >= 11 is 0. The molecule has 5 heteroatoms. The summed E-state index contributed by atoms with van der Waals surface area (Å²) in [5, 5.41) is 10.2. The zero-order chi connectivity index (χ0) is 22.5. The molecule has 0 saturated carbocycles. The largest absolute Gasteiger partial charge is 0.339 e. The van der Waals surface area contributed by atoms with Gasteiger partial charge in [-0.05, 0) is 51.9 Å². The lowest BCUT2D eigenvalue weighted by Gasteiger charge is -2.18. The monoisotopic (exact) mass is 415 g/mol. The number of Topliss-reactive ketones (excluding diaryl/α,β-unsaturated/α-hetero) is 1. The number of hydrogen-bond donors (Lipinski definition) is 2. The molecule has 5 nitrogen and oxygen atoms in total. The van der Waals surface area contributed by atoms with Crippen LogP contribution >= 0.6 is 0 Å². The van der Waals surface area contributed by atoms with Crippen LogP contribution in [0, 0.1) is 5.41 Å². The number of likely N-dealkylation sites (N-methyl/N-ethyl adjacent to an activating group) is 1. The molecule has 0 saturated heterocycles. The zero-order valence-corrected chi connectivity index (χ0v) is 19.2. The molecule has 0 bridgehead atoms. The van der Waals surface area contributed by atoms with Crippen LogP contribution in [0.25, 0.3) is 0 Å². The first kappa shape index (κ1) is 27.6. The minimum Gasteiger partial charge on any atom is -0.339 e. The van der Waals surface area contributed by atoms with Gasteiger partial charge in [0, 0.05) is 13.5 Å². The topological polar surface area (TPSA) is 73.3 Å². The Labute approximate surface area is 183 Å². The highest BCUT2D eigenvalue weighted by Gasteiger charge is 2.09. The number of rotatable bonds is 16. The van der Waals surface area contributed by atoms with Gasteiger partial charge in [0.15, 0.2) is 5.96 Å². The molecule has 1 amide bonds. The maximum absolute atomic E-state index is 11.8. The third-order valence-electron chi connectivity index (χ3n) is 4.33. The van der Waals surface area contributed by atoms with Gasteiger partial charge in [-0.15, -0.1) is 0 Å². The van der Waals surface area contributed by atoms with E-state index in [4.69, 9.17) is 5.41 Å². The predicted molar refractivity (Wildman–Crippen MR) is 128 cm³/mol. The highest BCUT2D eigenvalue weighted by Crippen LogP contribution is 2.01. The number of carbonyl (C=O) groups excluding carboxylic acids is 2. The Bertz CT molecular complexity index is 604. The predicted octanol–water partition coefficient (Wildman–Crippen LogP) is 5.70. The van der Waals surface area contributed by atoms with Crippen molar-refractivity contribution in [3.05, 3.63) is 48.6 Å². The second-order valence-corrected chi connectivity index (χ2v) is 7.44. The van der Waals surface area contributed by atoms with Crippen molar-refractivity contribution >= 4 is 17.6 Å². The summed E-state index contributed by atoms with van der Waals surface area (Å²) in [6, 6.07) is 0. The fourth-order valence-corrected chi connectivity index (χ4v) is 2.64. The molecule has 0 atom stereocenters. The summed E-state index contributed by atoms with van der Waals surface area (Å²) in [5.74, 6) is -0.267. The van der Waals surface area contributed by atoms with Crippen LogP contribution in [0.3, 0.4) is 0 Å². The molecule has 0 spiro atoms. The lowest BCUT2D eigenvalue weighted by molar-refractivity contribution is -0.120. The van der Waals surface area contributed by atoms with E-state index in [1.165, 1.54) is 37.5 Å². The number of ketones is 1. The van der Waals surface area contributed by atoms with Gasteiger partial charge in [-0.1, -0.05) is 68.4 Å². The van der Waals surface area contributed by atoms with Gasteiger partial charge in [0.2, 0.25) is 5.91 Å². The Morgan fingerprint density at radius 2 is 1.33 bits per heavy atom. The number of unbranched alkanes of at least 4 members (excludes halogenated alkanes) is 4. The van der Waals surface area contributed by atoms with Crippen LogP contribution in [0.15, 0.2) is 48.6 Å². The molecule has 0 aliphatic heterocycles. The molecule has 0 aromatic heterocycles. The van der Waals surface area contributed by atoms with Crippen molar-refractivity contribution in [2.45, 2.75) is 78.1 Å². The molecule has 2 N–H and O–H groups in total. The zero-order valence-electron chi connectivity index (χ0n) is 19.2. The first-order valence-corrected chi connectivity index (χ1v) is 11.2. The second-order valence-electron chi connectivity index (χ2n) is 7.44. The summed E-state index contributed by atoms with van der Waals surface area (Å²) in [5.41, 5.74) is 0. The summed E-state index contributed by atoms with van der Waals surface area (Å²) in [6.07, 6.45) is 27.4. The van der Waals surface area contributed by atoms with Crippen LogP contribution in [0.5, 0.6) is 0 Å². The van der Waals surface area contributed by atoms with Crippen molar-refractivity contribution in [3.8, 4) is 0 Å². The number of allylic oxidation sites excluding steroid dienone is 8. The SMILES string of the molecule is CCCCC/C=C\C/C=C\C/C=C\C/C=C\CCCC(=O)NC(=N)N(C)CC(C)=O. The lowest BCUT2D eigenvalue weighted by Crippen LogP contribution is -2.43.